The Balaban J connectivity index is 1.07. The van der Waals surface area contributed by atoms with Crippen LogP contribution < -0.4 is 62.0 Å². The van der Waals surface area contributed by atoms with Crippen molar-refractivity contribution in [3.05, 3.63) is 291 Å². The maximum absolute atomic E-state index is 2.92. The average Bonchev–Trinajstić information content (AvgIpc) is 3.45. The molecule has 335 valence electrons. The Hall–Kier alpha value is -7.78. The second kappa shape index (κ2) is 18.2. The zero-order valence-electron chi connectivity index (χ0n) is 39.1. The largest absolute Gasteiger partial charge is 0.311 e. The van der Waals surface area contributed by atoms with Crippen LogP contribution in [0.4, 0.5) is 17.1 Å². The molecule has 11 aromatic carbocycles. The van der Waals surface area contributed by atoms with Crippen molar-refractivity contribution in [1.82, 2.24) is 0 Å². The maximum Gasteiger partial charge on any atom is 0.181 e. The first-order valence-electron chi connectivity index (χ1n) is 24.5. The van der Waals surface area contributed by atoms with E-state index in [2.05, 4.69) is 296 Å². The van der Waals surface area contributed by atoms with Crippen molar-refractivity contribution < 1.29 is 0 Å². The van der Waals surface area contributed by atoms with Crippen molar-refractivity contribution in [2.75, 3.05) is 4.90 Å². The molecule has 2 aliphatic heterocycles. The topological polar surface area (TPSA) is 3.24 Å². The molecule has 0 bridgehead atoms. The SMILES string of the molecule is c1ccc(-c2ccc(N(c3ccc([Si](c4ccccc4)(c4ccccc4)c4ccccc4)cc3)c3ccc4c(c3)[Si]3(c5ccccc5Sc5ccccc53)c3ccccc3[Si]4c3ccccc3)cc2)cc1. The first kappa shape index (κ1) is 43.3. The van der Waals surface area contributed by atoms with Crippen LogP contribution in [-0.2, 0) is 0 Å². The highest BCUT2D eigenvalue weighted by Gasteiger charge is 2.53. The Morgan fingerprint density at radius 2 is 0.704 bits per heavy atom. The second-order valence-corrected chi connectivity index (χ2v) is 29.5. The van der Waals surface area contributed by atoms with E-state index in [0.717, 1.165) is 17.1 Å². The summed E-state index contributed by atoms with van der Waals surface area (Å²) in [4.78, 5) is 5.25. The Morgan fingerprint density at radius 1 is 0.310 bits per heavy atom. The van der Waals surface area contributed by atoms with Gasteiger partial charge in [-0.15, -0.1) is 0 Å². The van der Waals surface area contributed by atoms with Crippen LogP contribution in [0.2, 0.25) is 0 Å². The summed E-state index contributed by atoms with van der Waals surface area (Å²) in [6.45, 7) is 0. The average molecular weight is 971 g/mol. The van der Waals surface area contributed by atoms with Crippen LogP contribution in [-0.4, -0.2) is 24.9 Å². The Morgan fingerprint density at radius 3 is 1.25 bits per heavy atom. The maximum atomic E-state index is 2.63. The van der Waals surface area contributed by atoms with E-state index in [1.807, 2.05) is 11.8 Å². The quantitative estimate of drug-likeness (QED) is 0.105. The molecule has 71 heavy (non-hydrogen) atoms. The zero-order valence-corrected chi connectivity index (χ0v) is 42.9. The third-order valence-corrected chi connectivity index (χ3v) is 29.4. The molecule has 2 aliphatic rings. The van der Waals surface area contributed by atoms with E-state index < -0.39 is 24.9 Å². The van der Waals surface area contributed by atoms with Crippen LogP contribution in [0, 0.1) is 0 Å². The van der Waals surface area contributed by atoms with Gasteiger partial charge in [0.1, 0.15) is 0 Å². The molecule has 1 radical (unpaired) electrons. The van der Waals surface area contributed by atoms with Gasteiger partial charge in [-0.2, -0.15) is 0 Å². The lowest BCUT2D eigenvalue weighted by molar-refractivity contribution is 1.29. The summed E-state index contributed by atoms with van der Waals surface area (Å²) in [5.74, 6) is 0. The molecule has 0 saturated heterocycles. The van der Waals surface area contributed by atoms with E-state index in [1.165, 1.54) is 78.0 Å². The minimum absolute atomic E-state index is 1.12. The fourth-order valence-electron chi connectivity index (χ4n) is 11.8. The molecule has 0 unspecified atom stereocenters. The van der Waals surface area contributed by atoms with Gasteiger partial charge in [0.05, 0.1) is 0 Å². The molecule has 1 spiro atoms. The molecule has 0 aromatic heterocycles. The number of hydrogen-bond acceptors (Lipinski definition) is 2. The lowest BCUT2D eigenvalue weighted by Gasteiger charge is -2.46. The second-order valence-electron chi connectivity index (χ2n) is 18.5. The smallest absolute Gasteiger partial charge is 0.181 e. The zero-order chi connectivity index (χ0) is 47.2. The van der Waals surface area contributed by atoms with Gasteiger partial charge in [0.15, 0.2) is 24.9 Å². The van der Waals surface area contributed by atoms with Gasteiger partial charge in [0.25, 0.3) is 0 Å². The fourth-order valence-corrected chi connectivity index (χ4v) is 28.2. The lowest BCUT2D eigenvalue weighted by Crippen LogP contribution is -2.87. The van der Waals surface area contributed by atoms with Crippen LogP contribution in [0.1, 0.15) is 0 Å². The molecule has 13 rings (SSSR count). The molecular weight excluding hydrogens is 923 g/mol. The molecule has 2 heterocycles. The number of hydrogen-bond donors (Lipinski definition) is 0. The predicted molar refractivity (Wildman–Crippen MR) is 309 cm³/mol. The lowest BCUT2D eigenvalue weighted by atomic mass is 10.0. The summed E-state index contributed by atoms with van der Waals surface area (Å²) in [5, 5.41) is 15.9. The van der Waals surface area contributed by atoms with Crippen molar-refractivity contribution in [2.24, 2.45) is 0 Å². The van der Waals surface area contributed by atoms with Gasteiger partial charge in [-0.1, -0.05) is 270 Å². The molecule has 11 aromatic rings. The number of benzene rings is 11. The highest BCUT2D eigenvalue weighted by molar-refractivity contribution is 8.00. The van der Waals surface area contributed by atoms with Gasteiger partial charge in [-0.3, -0.25) is 0 Å². The van der Waals surface area contributed by atoms with Crippen LogP contribution in [0.15, 0.2) is 301 Å². The standard InChI is InChI=1S/C66H48NSSi3/c1-6-22-49(23-7-1)50-38-40-51(41-39-50)67(52-42-45-58(46-43-52)70(55-26-10-3-11-27-55,56-28-12-4-13-29-56)57-30-14-5-15-31-57)53-44-47-62-66(48-53)71(63-35-19-16-32-59(63)68-60-33-17-20-36-64(60)71)65-37-21-18-34-61(65)69(62)54-24-8-2-9-25-54/h1-48H. The van der Waals surface area contributed by atoms with Gasteiger partial charge in [-0.25, -0.2) is 0 Å². The van der Waals surface area contributed by atoms with E-state index in [4.69, 9.17) is 0 Å². The van der Waals surface area contributed by atoms with Crippen molar-refractivity contribution in [1.29, 1.82) is 0 Å². The Kier molecular flexibility index (Phi) is 11.1. The first-order valence-corrected chi connectivity index (χ1v) is 30.8. The minimum atomic E-state index is -2.92. The molecule has 0 fully saturated rings. The summed E-state index contributed by atoms with van der Waals surface area (Å²) in [6, 6.07) is 110. The summed E-state index contributed by atoms with van der Waals surface area (Å²) < 4.78 is 0. The van der Waals surface area contributed by atoms with Crippen molar-refractivity contribution in [3.8, 4) is 11.1 Å². The summed E-state index contributed by atoms with van der Waals surface area (Å²) in [5.41, 5.74) is 5.82. The van der Waals surface area contributed by atoms with Gasteiger partial charge in [-0.05, 0) is 101 Å². The third-order valence-electron chi connectivity index (χ3n) is 14.8. The highest BCUT2D eigenvalue weighted by atomic mass is 32.2. The van der Waals surface area contributed by atoms with E-state index in [0.29, 0.717) is 0 Å². The fraction of sp³-hybridized carbons (Fsp3) is 0. The van der Waals surface area contributed by atoms with Gasteiger partial charge in [0, 0.05) is 26.9 Å². The molecule has 0 aliphatic carbocycles. The number of nitrogens with zero attached hydrogens (tertiary/aromatic N) is 1. The number of rotatable bonds is 9. The van der Waals surface area contributed by atoms with Crippen LogP contribution in [0.3, 0.4) is 0 Å². The van der Waals surface area contributed by atoms with E-state index >= 15 is 0 Å². The molecule has 0 amide bonds. The molecule has 0 atom stereocenters. The van der Waals surface area contributed by atoms with Crippen molar-refractivity contribution >= 4 is 111 Å². The van der Waals surface area contributed by atoms with E-state index in [9.17, 15) is 0 Å². The summed E-state index contributed by atoms with van der Waals surface area (Å²) in [7, 11) is -7.09. The monoisotopic (exact) mass is 970 g/mol. The van der Waals surface area contributed by atoms with Crippen LogP contribution >= 0.6 is 11.8 Å². The van der Waals surface area contributed by atoms with Crippen LogP contribution in [0.25, 0.3) is 11.1 Å². The normalized spacial score (nSPS) is 13.4. The molecule has 1 nitrogen and oxygen atoms in total. The summed E-state index contributed by atoms with van der Waals surface area (Å²) >= 11 is 1.93. The Labute approximate surface area is 425 Å². The van der Waals surface area contributed by atoms with Gasteiger partial charge in [0.2, 0.25) is 0 Å². The van der Waals surface area contributed by atoms with Crippen molar-refractivity contribution in [3.63, 3.8) is 0 Å². The number of anilines is 3. The van der Waals surface area contributed by atoms with E-state index in [-0.39, 0.29) is 0 Å². The molecule has 0 N–H and O–H groups in total. The third kappa shape index (κ3) is 7.10. The first-order chi connectivity index (χ1) is 35.2. The minimum Gasteiger partial charge on any atom is -0.311 e. The molecular formula is C66H48NSSi3. The van der Waals surface area contributed by atoms with Crippen LogP contribution in [0.5, 0.6) is 0 Å². The number of fused-ring (bicyclic) bond motifs is 8. The van der Waals surface area contributed by atoms with Crippen molar-refractivity contribution in [2.45, 2.75) is 9.79 Å². The van der Waals surface area contributed by atoms with Gasteiger partial charge >= 0.3 is 0 Å². The Bertz CT molecular complexity index is 3520. The molecule has 0 saturated carbocycles. The molecule has 5 heteroatoms. The van der Waals surface area contributed by atoms with Gasteiger partial charge < -0.3 is 4.90 Å². The summed E-state index contributed by atoms with van der Waals surface area (Å²) in [6.07, 6.45) is 0. The predicted octanol–water partition coefficient (Wildman–Crippen LogP) is 8.87. The van der Waals surface area contributed by atoms with E-state index in [1.54, 1.807) is 0 Å². The highest BCUT2D eigenvalue weighted by Crippen LogP contribution is 2.38.